The third-order valence-electron chi connectivity index (χ3n) is 4.31. The van der Waals surface area contributed by atoms with Crippen molar-refractivity contribution in [3.8, 4) is 11.4 Å². The van der Waals surface area contributed by atoms with Crippen LogP contribution in [0.4, 0.5) is 0 Å². The third-order valence-corrected chi connectivity index (χ3v) is 4.64. The van der Waals surface area contributed by atoms with Gasteiger partial charge in [-0.1, -0.05) is 23.7 Å². The number of nitrogens with zero attached hydrogens (tertiary/aromatic N) is 3. The average Bonchev–Trinajstić information content (AvgIpc) is 2.96. The summed E-state index contributed by atoms with van der Waals surface area (Å²) >= 11 is 6.29. The van der Waals surface area contributed by atoms with Crippen molar-refractivity contribution < 1.29 is 9.53 Å². The third kappa shape index (κ3) is 3.57. The lowest BCUT2D eigenvalue weighted by atomic mass is 10.1. The minimum atomic E-state index is -0.435. The van der Waals surface area contributed by atoms with E-state index in [1.165, 1.54) is 0 Å². The van der Waals surface area contributed by atoms with Crippen molar-refractivity contribution in [2.24, 2.45) is 7.05 Å². The van der Waals surface area contributed by atoms with E-state index in [2.05, 4.69) is 15.3 Å². The molecule has 0 spiro atoms. The highest BCUT2D eigenvalue weighted by molar-refractivity contribution is 6.33. The first kappa shape index (κ1) is 18.4. The first-order chi connectivity index (χ1) is 12.3. The van der Waals surface area contributed by atoms with E-state index in [9.17, 15) is 4.79 Å². The van der Waals surface area contributed by atoms with Gasteiger partial charge in [0.2, 0.25) is 0 Å². The van der Waals surface area contributed by atoms with Crippen LogP contribution in [0.3, 0.4) is 0 Å². The van der Waals surface area contributed by atoms with Gasteiger partial charge in [-0.2, -0.15) is 0 Å². The topological polar surface area (TPSA) is 69.0 Å². The van der Waals surface area contributed by atoms with Crippen LogP contribution in [0.5, 0.6) is 0 Å². The smallest absolute Gasteiger partial charge is 0.253 e. The summed E-state index contributed by atoms with van der Waals surface area (Å²) in [7, 11) is 3.49. The molecule has 136 valence electrons. The van der Waals surface area contributed by atoms with Crippen LogP contribution >= 0.6 is 11.6 Å². The molecule has 0 unspecified atom stereocenters. The second-order valence-electron chi connectivity index (χ2n) is 6.69. The van der Waals surface area contributed by atoms with E-state index in [0.717, 1.165) is 5.56 Å². The molecule has 0 fully saturated rings. The Labute approximate surface area is 157 Å². The maximum atomic E-state index is 12.4. The van der Waals surface area contributed by atoms with Crippen LogP contribution in [0.1, 0.15) is 24.2 Å². The van der Waals surface area contributed by atoms with Gasteiger partial charge in [-0.3, -0.25) is 4.79 Å². The lowest BCUT2D eigenvalue weighted by Crippen LogP contribution is -2.39. The summed E-state index contributed by atoms with van der Waals surface area (Å²) in [4.78, 5) is 21.4. The fraction of sp³-hybridized carbons (Fsp3) is 0.316. The van der Waals surface area contributed by atoms with Crippen LogP contribution in [-0.2, 0) is 11.8 Å². The average molecular weight is 373 g/mol. The Kier molecular flexibility index (Phi) is 4.98. The summed E-state index contributed by atoms with van der Waals surface area (Å²) in [6, 6.07) is 9.24. The number of fused-ring (bicyclic) bond motifs is 1. The van der Waals surface area contributed by atoms with Crippen molar-refractivity contribution >= 4 is 28.7 Å². The van der Waals surface area contributed by atoms with E-state index in [1.807, 2.05) is 49.7 Å². The van der Waals surface area contributed by atoms with Crippen molar-refractivity contribution in [2.75, 3.05) is 13.7 Å². The van der Waals surface area contributed by atoms with Gasteiger partial charge in [-0.15, -0.1) is 0 Å². The number of nitrogens with one attached hydrogen (secondary N) is 1. The van der Waals surface area contributed by atoms with Crippen molar-refractivity contribution in [2.45, 2.75) is 19.4 Å². The molecule has 0 radical (unpaired) electrons. The molecule has 0 saturated heterocycles. The van der Waals surface area contributed by atoms with Crippen molar-refractivity contribution in [1.82, 2.24) is 19.9 Å². The molecule has 2 aromatic heterocycles. The highest BCUT2D eigenvalue weighted by atomic mass is 35.5. The van der Waals surface area contributed by atoms with E-state index >= 15 is 0 Å². The molecule has 1 amide bonds. The zero-order valence-electron chi connectivity index (χ0n) is 15.2. The Morgan fingerprint density at radius 1 is 1.35 bits per heavy atom. The number of methoxy groups -OCH3 is 1. The minimum absolute atomic E-state index is 0.213. The lowest BCUT2D eigenvalue weighted by Gasteiger charge is -2.23. The number of amides is 1. The van der Waals surface area contributed by atoms with E-state index in [1.54, 1.807) is 19.4 Å². The monoisotopic (exact) mass is 372 g/mol. The SMILES string of the molecule is COC(C)(C)CNC(=O)c1cnc2c(c1)nc(-c1ccccc1Cl)n2C. The fourth-order valence-corrected chi connectivity index (χ4v) is 2.77. The Morgan fingerprint density at radius 3 is 2.77 bits per heavy atom. The maximum Gasteiger partial charge on any atom is 0.253 e. The Balaban J connectivity index is 1.93. The maximum absolute atomic E-state index is 12.4. The minimum Gasteiger partial charge on any atom is -0.377 e. The van der Waals surface area contributed by atoms with Crippen LogP contribution in [0, 0.1) is 0 Å². The molecule has 0 aliphatic carbocycles. The van der Waals surface area contributed by atoms with E-state index in [0.29, 0.717) is 34.1 Å². The molecule has 6 nitrogen and oxygen atoms in total. The number of pyridine rings is 1. The van der Waals surface area contributed by atoms with Crippen LogP contribution in [0.2, 0.25) is 5.02 Å². The van der Waals surface area contributed by atoms with E-state index in [4.69, 9.17) is 16.3 Å². The zero-order valence-corrected chi connectivity index (χ0v) is 16.0. The van der Waals surface area contributed by atoms with Gasteiger partial charge in [-0.05, 0) is 32.0 Å². The number of rotatable bonds is 5. The molecule has 3 rings (SSSR count). The number of halogens is 1. The molecule has 0 aliphatic heterocycles. The van der Waals surface area contributed by atoms with Crippen molar-refractivity contribution in [3.63, 3.8) is 0 Å². The van der Waals surface area contributed by atoms with Gasteiger partial charge < -0.3 is 14.6 Å². The molecular formula is C19H21ClN4O2. The molecule has 1 N–H and O–H groups in total. The number of aromatic nitrogens is 3. The Morgan fingerprint density at radius 2 is 2.08 bits per heavy atom. The molecule has 2 heterocycles. The predicted molar refractivity (Wildman–Crippen MR) is 102 cm³/mol. The Hall–Kier alpha value is -2.44. The van der Waals surface area contributed by atoms with E-state index < -0.39 is 5.60 Å². The molecule has 0 bridgehead atoms. The summed E-state index contributed by atoms with van der Waals surface area (Å²) in [5, 5.41) is 3.47. The number of hydrogen-bond acceptors (Lipinski definition) is 4. The van der Waals surface area contributed by atoms with E-state index in [-0.39, 0.29) is 5.91 Å². The molecule has 0 atom stereocenters. The van der Waals surface area contributed by atoms with Crippen LogP contribution in [-0.4, -0.2) is 39.7 Å². The first-order valence-corrected chi connectivity index (χ1v) is 8.61. The normalized spacial score (nSPS) is 11.7. The number of hydrogen-bond donors (Lipinski definition) is 1. The quantitative estimate of drug-likeness (QED) is 0.744. The van der Waals surface area contributed by atoms with Gasteiger partial charge in [-0.25, -0.2) is 9.97 Å². The molecule has 0 saturated carbocycles. The molecule has 3 aromatic rings. The van der Waals surface area contributed by atoms with Gasteiger partial charge in [0.15, 0.2) is 5.65 Å². The summed E-state index contributed by atoms with van der Waals surface area (Å²) in [5.74, 6) is 0.491. The Bertz CT molecular complexity index is 965. The van der Waals surface area contributed by atoms with Gasteiger partial charge in [0.25, 0.3) is 5.91 Å². The van der Waals surface area contributed by atoms with Gasteiger partial charge in [0.1, 0.15) is 11.3 Å². The first-order valence-electron chi connectivity index (χ1n) is 8.23. The van der Waals surface area contributed by atoms with Crippen LogP contribution < -0.4 is 5.32 Å². The highest BCUT2D eigenvalue weighted by Crippen LogP contribution is 2.28. The summed E-state index contributed by atoms with van der Waals surface area (Å²) in [6.07, 6.45) is 1.55. The second kappa shape index (κ2) is 7.05. The summed E-state index contributed by atoms with van der Waals surface area (Å²) < 4.78 is 7.18. The van der Waals surface area contributed by atoms with Gasteiger partial charge >= 0.3 is 0 Å². The lowest BCUT2D eigenvalue weighted by molar-refractivity contribution is 0.0229. The number of imidazole rings is 1. The number of carbonyl (C=O) groups excluding carboxylic acids is 1. The molecule has 1 aromatic carbocycles. The van der Waals surface area contributed by atoms with Crippen LogP contribution in [0.25, 0.3) is 22.6 Å². The number of carbonyl (C=O) groups is 1. The van der Waals surface area contributed by atoms with Crippen molar-refractivity contribution in [3.05, 3.63) is 47.1 Å². The number of benzene rings is 1. The fourth-order valence-electron chi connectivity index (χ4n) is 2.55. The number of ether oxygens (including phenoxy) is 1. The largest absolute Gasteiger partial charge is 0.377 e. The van der Waals surface area contributed by atoms with Gasteiger partial charge in [0, 0.05) is 32.5 Å². The standard InChI is InChI=1S/C19H21ClN4O2/c1-19(2,26-4)11-22-18(25)12-9-15-17(21-10-12)24(3)16(23-15)13-7-5-6-8-14(13)20/h5-10H,11H2,1-4H3,(H,22,25). The molecule has 7 heteroatoms. The summed E-state index contributed by atoms with van der Waals surface area (Å²) in [6.45, 7) is 4.21. The molecule has 26 heavy (non-hydrogen) atoms. The van der Waals surface area contributed by atoms with Crippen LogP contribution in [0.15, 0.2) is 36.5 Å². The molecular weight excluding hydrogens is 352 g/mol. The predicted octanol–water partition coefficient (Wildman–Crippen LogP) is 3.44. The second-order valence-corrected chi connectivity index (χ2v) is 7.09. The molecule has 0 aliphatic rings. The van der Waals surface area contributed by atoms with Crippen molar-refractivity contribution in [1.29, 1.82) is 0 Å². The number of aryl methyl sites for hydroxylation is 1. The zero-order chi connectivity index (χ0) is 18.9. The van der Waals surface area contributed by atoms with Gasteiger partial charge in [0.05, 0.1) is 16.2 Å². The summed E-state index contributed by atoms with van der Waals surface area (Å²) in [5.41, 5.74) is 2.17. The highest BCUT2D eigenvalue weighted by Gasteiger charge is 2.19.